The molecule has 1 saturated heterocycles. The minimum absolute atomic E-state index is 0.0457. The van der Waals surface area contributed by atoms with Crippen LogP contribution in [0.25, 0.3) is 0 Å². The van der Waals surface area contributed by atoms with E-state index >= 15 is 0 Å². The second kappa shape index (κ2) is 11.1. The van der Waals surface area contributed by atoms with Crippen molar-refractivity contribution in [3.05, 3.63) is 64.5 Å². The number of nitrogens with zero attached hydrogens (tertiary/aromatic N) is 2. The van der Waals surface area contributed by atoms with E-state index in [1.165, 1.54) is 12.1 Å². The number of carbonyl (C=O) groups is 5. The van der Waals surface area contributed by atoms with Gasteiger partial charge in [0.2, 0.25) is 17.4 Å². The summed E-state index contributed by atoms with van der Waals surface area (Å²) in [5.41, 5.74) is 0.226. The largest absolute Gasteiger partial charge is 0.444 e. The highest BCUT2D eigenvalue weighted by molar-refractivity contribution is 6.07. The van der Waals surface area contributed by atoms with Crippen LogP contribution in [0.3, 0.4) is 0 Å². The first-order valence-corrected chi connectivity index (χ1v) is 16.3. The van der Waals surface area contributed by atoms with Crippen LogP contribution in [0, 0.1) is 11.7 Å². The molecule has 5 amide bonds. The number of rotatable bonds is 6. The molecule has 3 fully saturated rings. The summed E-state index contributed by atoms with van der Waals surface area (Å²) in [5.74, 6) is -1.24. The number of fused-ring (bicyclic) bond motifs is 3. The third-order valence-corrected chi connectivity index (χ3v) is 9.94. The average molecular weight is 647 g/mol. The SMILES string of the molecule is CC(C)(C)OC(=O)NC1(C(=O)Nc2ccc3c(c2)CCC32OC(=O)N(CC(=O)N3Cc4ccc(F)cc4CC[C@@H]3C3CC3)C2=O)CC1. The quantitative estimate of drug-likeness (QED) is 0.465. The summed E-state index contributed by atoms with van der Waals surface area (Å²) in [4.78, 5) is 69.0. The van der Waals surface area contributed by atoms with Crippen molar-refractivity contribution in [2.75, 3.05) is 11.9 Å². The van der Waals surface area contributed by atoms with Crippen molar-refractivity contribution in [3.8, 4) is 0 Å². The molecule has 2 N–H and O–H groups in total. The van der Waals surface area contributed by atoms with E-state index in [0.717, 1.165) is 34.4 Å². The molecular formula is C35H39FN4O7. The normalized spacial score (nSPS) is 24.3. The lowest BCUT2D eigenvalue weighted by molar-refractivity contribution is -0.143. The minimum atomic E-state index is -1.54. The molecule has 0 aromatic heterocycles. The third kappa shape index (κ3) is 5.82. The maximum absolute atomic E-state index is 14.0. The van der Waals surface area contributed by atoms with Crippen molar-refractivity contribution in [1.29, 1.82) is 0 Å². The summed E-state index contributed by atoms with van der Waals surface area (Å²) >= 11 is 0. The lowest BCUT2D eigenvalue weighted by Crippen LogP contribution is -2.48. The number of amides is 5. The molecule has 2 atom stereocenters. The Morgan fingerprint density at radius 1 is 0.979 bits per heavy atom. The van der Waals surface area contributed by atoms with Gasteiger partial charge >= 0.3 is 12.2 Å². The van der Waals surface area contributed by atoms with E-state index in [9.17, 15) is 28.4 Å². The van der Waals surface area contributed by atoms with Gasteiger partial charge in [-0.3, -0.25) is 14.4 Å². The predicted octanol–water partition coefficient (Wildman–Crippen LogP) is 4.70. The molecule has 1 spiro atoms. The fraction of sp³-hybridized carbons (Fsp3) is 0.514. The van der Waals surface area contributed by atoms with E-state index in [1.807, 2.05) is 0 Å². The molecule has 2 heterocycles. The summed E-state index contributed by atoms with van der Waals surface area (Å²) in [6.07, 6.45) is 3.44. The van der Waals surface area contributed by atoms with Crippen LogP contribution in [-0.2, 0) is 48.8 Å². The zero-order valence-electron chi connectivity index (χ0n) is 26.8. The number of hydrogen-bond donors (Lipinski definition) is 2. The van der Waals surface area contributed by atoms with Crippen LogP contribution in [-0.4, -0.2) is 63.4 Å². The van der Waals surface area contributed by atoms with Gasteiger partial charge in [-0.1, -0.05) is 12.1 Å². The van der Waals surface area contributed by atoms with Gasteiger partial charge in [-0.25, -0.2) is 18.9 Å². The summed E-state index contributed by atoms with van der Waals surface area (Å²) < 4.78 is 25.0. The first-order valence-electron chi connectivity index (χ1n) is 16.3. The number of halogens is 1. The van der Waals surface area contributed by atoms with Gasteiger partial charge in [-0.15, -0.1) is 0 Å². The first-order chi connectivity index (χ1) is 22.3. The number of aryl methyl sites for hydroxylation is 2. The Labute approximate surface area is 272 Å². The number of benzene rings is 2. The van der Waals surface area contributed by atoms with E-state index in [0.29, 0.717) is 55.8 Å². The van der Waals surface area contributed by atoms with E-state index in [-0.39, 0.29) is 30.1 Å². The number of anilines is 1. The standard InChI is InChI=1S/C35H39FN4O7/c1-33(2,3)46-31(44)38-34(14-15-34)29(42)37-25-9-10-26-22(17-25)12-13-35(26)30(43)40(32(45)47-35)19-28(41)39-18-23-6-8-24(36)16-21(23)7-11-27(39)20-4-5-20/h6,8-10,16-17,20,27H,4-5,7,11-15,18-19H2,1-3H3,(H,37,42)(H,38,44)/t27-,35?/m1/s1. The summed E-state index contributed by atoms with van der Waals surface area (Å²) in [6.45, 7) is 5.10. The number of ether oxygens (including phenoxy) is 2. The maximum Gasteiger partial charge on any atom is 0.418 e. The zero-order valence-corrected chi connectivity index (χ0v) is 26.8. The van der Waals surface area contributed by atoms with Crippen molar-refractivity contribution in [1.82, 2.24) is 15.1 Å². The Hall–Kier alpha value is -4.48. The fourth-order valence-corrected chi connectivity index (χ4v) is 7.23. The fourth-order valence-electron chi connectivity index (χ4n) is 7.23. The Bertz CT molecular complexity index is 1690. The molecular weight excluding hydrogens is 607 g/mol. The van der Waals surface area contributed by atoms with Crippen LogP contribution in [0.4, 0.5) is 19.7 Å². The van der Waals surface area contributed by atoms with Crippen molar-refractivity contribution in [2.24, 2.45) is 5.92 Å². The van der Waals surface area contributed by atoms with Crippen LogP contribution in [0.2, 0.25) is 0 Å². The molecule has 11 nitrogen and oxygen atoms in total. The molecule has 3 aliphatic carbocycles. The number of alkyl carbamates (subject to hydrolysis) is 1. The molecule has 12 heteroatoms. The second-order valence-corrected chi connectivity index (χ2v) is 14.5. The summed E-state index contributed by atoms with van der Waals surface area (Å²) in [7, 11) is 0. The van der Waals surface area contributed by atoms with Crippen molar-refractivity contribution in [2.45, 2.75) is 101 Å². The third-order valence-electron chi connectivity index (χ3n) is 9.94. The number of imide groups is 1. The van der Waals surface area contributed by atoms with Gasteiger partial charge in [-0.2, -0.15) is 0 Å². The van der Waals surface area contributed by atoms with Crippen LogP contribution in [0.1, 0.15) is 81.5 Å². The Kier molecular flexibility index (Phi) is 7.32. The molecule has 47 heavy (non-hydrogen) atoms. The van der Waals surface area contributed by atoms with Gasteiger partial charge in [0.05, 0.1) is 0 Å². The second-order valence-electron chi connectivity index (χ2n) is 14.5. The molecule has 7 rings (SSSR count). The topological polar surface area (TPSA) is 134 Å². The molecule has 2 aromatic rings. The van der Waals surface area contributed by atoms with Crippen LogP contribution >= 0.6 is 0 Å². The molecule has 2 saturated carbocycles. The Morgan fingerprint density at radius 3 is 2.45 bits per heavy atom. The molecule has 248 valence electrons. The lowest BCUT2D eigenvalue weighted by atomic mass is 9.94. The molecule has 0 radical (unpaired) electrons. The van der Waals surface area contributed by atoms with Crippen LogP contribution in [0.5, 0.6) is 0 Å². The molecule has 2 aromatic carbocycles. The first kappa shape index (κ1) is 31.1. The van der Waals surface area contributed by atoms with E-state index in [4.69, 9.17) is 9.47 Å². The molecule has 0 bridgehead atoms. The van der Waals surface area contributed by atoms with Gasteiger partial charge in [-0.05, 0) is 113 Å². The van der Waals surface area contributed by atoms with Crippen molar-refractivity contribution >= 4 is 35.6 Å². The van der Waals surface area contributed by atoms with Crippen LogP contribution in [0.15, 0.2) is 36.4 Å². The lowest BCUT2D eigenvalue weighted by Gasteiger charge is -2.31. The van der Waals surface area contributed by atoms with Gasteiger partial charge in [0.1, 0.15) is 23.5 Å². The van der Waals surface area contributed by atoms with Crippen molar-refractivity contribution < 1.29 is 37.8 Å². The molecule has 5 aliphatic rings. The number of hydrogen-bond acceptors (Lipinski definition) is 7. The monoisotopic (exact) mass is 646 g/mol. The zero-order chi connectivity index (χ0) is 33.3. The number of nitrogens with one attached hydrogen (secondary N) is 2. The van der Waals surface area contributed by atoms with Gasteiger partial charge in [0.25, 0.3) is 5.91 Å². The highest BCUT2D eigenvalue weighted by atomic mass is 19.1. The van der Waals surface area contributed by atoms with Gasteiger partial charge in [0, 0.05) is 30.3 Å². The van der Waals surface area contributed by atoms with Crippen molar-refractivity contribution in [3.63, 3.8) is 0 Å². The van der Waals surface area contributed by atoms with E-state index in [2.05, 4.69) is 10.6 Å². The Balaban J connectivity index is 1.04. The predicted molar refractivity (Wildman–Crippen MR) is 166 cm³/mol. The van der Waals surface area contributed by atoms with E-state index in [1.54, 1.807) is 49.9 Å². The highest BCUT2D eigenvalue weighted by Gasteiger charge is 2.59. The van der Waals surface area contributed by atoms with Gasteiger partial charge < -0.3 is 25.0 Å². The number of carbonyl (C=O) groups excluding carboxylic acids is 5. The van der Waals surface area contributed by atoms with Gasteiger partial charge in [0.15, 0.2) is 0 Å². The maximum atomic E-state index is 14.0. The molecule has 1 unspecified atom stereocenters. The smallest absolute Gasteiger partial charge is 0.418 e. The Morgan fingerprint density at radius 2 is 1.74 bits per heavy atom. The summed E-state index contributed by atoms with van der Waals surface area (Å²) in [5, 5.41) is 5.55. The highest BCUT2D eigenvalue weighted by Crippen LogP contribution is 2.47. The van der Waals surface area contributed by atoms with Crippen LogP contribution < -0.4 is 10.6 Å². The average Bonchev–Trinajstić information content (AvgIpc) is 3.92. The molecule has 2 aliphatic heterocycles. The minimum Gasteiger partial charge on any atom is -0.444 e. The summed E-state index contributed by atoms with van der Waals surface area (Å²) in [6, 6.07) is 9.64. The van der Waals surface area contributed by atoms with E-state index < -0.39 is 41.4 Å².